The number of halogens is 1. The molecule has 7 nitrogen and oxygen atoms in total. The van der Waals surface area contributed by atoms with Gasteiger partial charge in [0.2, 0.25) is 11.9 Å². The van der Waals surface area contributed by atoms with E-state index in [1.165, 1.54) is 0 Å². The Kier molecular flexibility index (Phi) is 6.89. The number of carbonyl (C=O) groups is 1. The van der Waals surface area contributed by atoms with Crippen LogP contribution < -0.4 is 4.90 Å². The zero-order valence-electron chi connectivity index (χ0n) is 16.0. The number of ether oxygens (including phenoxy) is 1. The van der Waals surface area contributed by atoms with Crippen LogP contribution in [0.3, 0.4) is 0 Å². The van der Waals surface area contributed by atoms with Crippen LogP contribution in [0, 0.1) is 5.82 Å². The Morgan fingerprint density at radius 1 is 1.21 bits per heavy atom. The van der Waals surface area contributed by atoms with Gasteiger partial charge in [0.05, 0.1) is 19.6 Å². The molecule has 0 saturated carbocycles. The van der Waals surface area contributed by atoms with Crippen molar-refractivity contribution in [3.8, 4) is 11.1 Å². The minimum absolute atomic E-state index is 0.0965. The SMILES string of the molecule is COCCC(=O)N1CCCN(c2ncc(-c3cccc(CO)c3F)cn2)CC1. The summed E-state index contributed by atoms with van der Waals surface area (Å²) in [5, 5.41) is 9.23. The number of benzene rings is 1. The van der Waals surface area contributed by atoms with Gasteiger partial charge in [-0.1, -0.05) is 18.2 Å². The van der Waals surface area contributed by atoms with Crippen LogP contribution in [0.5, 0.6) is 0 Å². The topological polar surface area (TPSA) is 78.8 Å². The van der Waals surface area contributed by atoms with Gasteiger partial charge in [0.1, 0.15) is 5.82 Å². The summed E-state index contributed by atoms with van der Waals surface area (Å²) in [4.78, 5) is 24.9. The van der Waals surface area contributed by atoms with E-state index in [4.69, 9.17) is 4.74 Å². The Balaban J connectivity index is 1.68. The van der Waals surface area contributed by atoms with Gasteiger partial charge in [-0.2, -0.15) is 0 Å². The smallest absolute Gasteiger partial charge is 0.225 e. The minimum Gasteiger partial charge on any atom is -0.392 e. The maximum absolute atomic E-state index is 14.4. The van der Waals surface area contributed by atoms with Crippen LogP contribution in [0.1, 0.15) is 18.4 Å². The van der Waals surface area contributed by atoms with Gasteiger partial charge < -0.3 is 19.6 Å². The van der Waals surface area contributed by atoms with E-state index < -0.39 is 5.82 Å². The van der Waals surface area contributed by atoms with Gasteiger partial charge in [-0.15, -0.1) is 0 Å². The monoisotopic (exact) mass is 388 g/mol. The van der Waals surface area contributed by atoms with Crippen LogP contribution in [0.25, 0.3) is 11.1 Å². The highest BCUT2D eigenvalue weighted by molar-refractivity contribution is 5.76. The highest BCUT2D eigenvalue weighted by Crippen LogP contribution is 2.25. The van der Waals surface area contributed by atoms with Crippen molar-refractivity contribution < 1.29 is 19.0 Å². The molecular formula is C20H25FN4O3. The van der Waals surface area contributed by atoms with Crippen molar-refractivity contribution in [3.05, 3.63) is 42.0 Å². The third-order valence-electron chi connectivity index (χ3n) is 4.85. The first kappa shape index (κ1) is 20.2. The molecule has 0 aliphatic carbocycles. The molecule has 1 aliphatic rings. The van der Waals surface area contributed by atoms with Gasteiger partial charge in [0.25, 0.3) is 0 Å². The predicted octanol–water partition coefficient (Wildman–Crippen LogP) is 1.85. The molecule has 2 heterocycles. The molecule has 1 fully saturated rings. The number of carbonyl (C=O) groups excluding carboxylic acids is 1. The maximum Gasteiger partial charge on any atom is 0.225 e. The molecular weight excluding hydrogens is 363 g/mol. The van der Waals surface area contributed by atoms with Gasteiger partial charge in [-0.25, -0.2) is 14.4 Å². The molecule has 0 spiro atoms. The molecule has 8 heteroatoms. The Hall–Kier alpha value is -2.58. The van der Waals surface area contributed by atoms with Crippen LogP contribution in [-0.4, -0.2) is 65.8 Å². The molecule has 0 atom stereocenters. The lowest BCUT2D eigenvalue weighted by atomic mass is 10.1. The summed E-state index contributed by atoms with van der Waals surface area (Å²) < 4.78 is 19.4. The van der Waals surface area contributed by atoms with Crippen LogP contribution in [0.15, 0.2) is 30.6 Å². The second kappa shape index (κ2) is 9.57. The predicted molar refractivity (Wildman–Crippen MR) is 103 cm³/mol. The molecule has 0 unspecified atom stereocenters. The van der Waals surface area contributed by atoms with Crippen LogP contribution in [-0.2, 0) is 16.1 Å². The highest BCUT2D eigenvalue weighted by atomic mass is 19.1. The van der Waals surface area contributed by atoms with Gasteiger partial charge in [0.15, 0.2) is 0 Å². The molecule has 28 heavy (non-hydrogen) atoms. The number of methoxy groups -OCH3 is 1. The molecule has 1 aliphatic heterocycles. The summed E-state index contributed by atoms with van der Waals surface area (Å²) in [6.45, 7) is 2.79. The van der Waals surface area contributed by atoms with Crippen molar-refractivity contribution in [2.45, 2.75) is 19.4 Å². The largest absolute Gasteiger partial charge is 0.392 e. The molecule has 1 aromatic heterocycles. The zero-order valence-corrected chi connectivity index (χ0v) is 16.0. The highest BCUT2D eigenvalue weighted by Gasteiger charge is 2.20. The van der Waals surface area contributed by atoms with E-state index in [0.29, 0.717) is 49.7 Å². The second-order valence-electron chi connectivity index (χ2n) is 6.67. The average Bonchev–Trinajstić information content (AvgIpc) is 2.99. The van der Waals surface area contributed by atoms with E-state index in [0.717, 1.165) is 13.0 Å². The summed E-state index contributed by atoms with van der Waals surface area (Å²) in [6, 6.07) is 4.88. The molecule has 2 aromatic rings. The molecule has 150 valence electrons. The first-order valence-corrected chi connectivity index (χ1v) is 9.36. The Morgan fingerprint density at radius 2 is 2.00 bits per heavy atom. The second-order valence-corrected chi connectivity index (χ2v) is 6.67. The summed E-state index contributed by atoms with van der Waals surface area (Å²) in [5.74, 6) is 0.203. The van der Waals surface area contributed by atoms with Crippen LogP contribution in [0.4, 0.5) is 10.3 Å². The summed E-state index contributed by atoms with van der Waals surface area (Å²) >= 11 is 0. The number of rotatable bonds is 6. The van der Waals surface area contributed by atoms with Crippen molar-refractivity contribution in [2.24, 2.45) is 0 Å². The van der Waals surface area contributed by atoms with Crippen molar-refractivity contribution in [3.63, 3.8) is 0 Å². The summed E-state index contributed by atoms with van der Waals surface area (Å²) in [5.41, 5.74) is 1.17. The Bertz CT molecular complexity index is 801. The van der Waals surface area contributed by atoms with Crippen LogP contribution in [0.2, 0.25) is 0 Å². The third-order valence-corrected chi connectivity index (χ3v) is 4.85. The van der Waals surface area contributed by atoms with E-state index >= 15 is 0 Å². The average molecular weight is 388 g/mol. The number of nitrogens with zero attached hydrogens (tertiary/aromatic N) is 4. The molecule has 1 N–H and O–H groups in total. The first-order valence-electron chi connectivity index (χ1n) is 9.36. The van der Waals surface area contributed by atoms with E-state index in [9.17, 15) is 14.3 Å². The molecule has 1 amide bonds. The number of anilines is 1. The number of hydrogen-bond acceptors (Lipinski definition) is 6. The first-order chi connectivity index (χ1) is 13.6. The van der Waals surface area contributed by atoms with Gasteiger partial charge >= 0.3 is 0 Å². The summed E-state index contributed by atoms with van der Waals surface area (Å²) in [6.07, 6.45) is 4.40. The number of aliphatic hydroxyl groups is 1. The normalized spacial score (nSPS) is 14.8. The molecule has 0 bridgehead atoms. The van der Waals surface area contributed by atoms with E-state index in [1.807, 2.05) is 9.80 Å². The Labute approximate surface area is 163 Å². The Morgan fingerprint density at radius 3 is 2.71 bits per heavy atom. The molecule has 1 aromatic carbocycles. The number of amides is 1. The zero-order chi connectivity index (χ0) is 19.9. The molecule has 0 radical (unpaired) electrons. The molecule has 1 saturated heterocycles. The lowest BCUT2D eigenvalue weighted by Gasteiger charge is -2.22. The van der Waals surface area contributed by atoms with E-state index in [-0.39, 0.29) is 18.1 Å². The van der Waals surface area contributed by atoms with Crippen molar-refractivity contribution >= 4 is 11.9 Å². The maximum atomic E-state index is 14.4. The molecule has 3 rings (SSSR count). The fourth-order valence-electron chi connectivity index (χ4n) is 3.26. The van der Waals surface area contributed by atoms with Crippen molar-refractivity contribution in [2.75, 3.05) is 44.8 Å². The number of aromatic nitrogens is 2. The fourth-order valence-corrected chi connectivity index (χ4v) is 3.26. The van der Waals surface area contributed by atoms with Gasteiger partial charge in [-0.05, 0) is 6.42 Å². The van der Waals surface area contributed by atoms with Gasteiger partial charge in [-0.3, -0.25) is 4.79 Å². The lowest BCUT2D eigenvalue weighted by molar-refractivity contribution is -0.131. The van der Waals surface area contributed by atoms with Crippen LogP contribution >= 0.6 is 0 Å². The van der Waals surface area contributed by atoms with Gasteiger partial charge in [0, 0.05) is 62.4 Å². The van der Waals surface area contributed by atoms with Crippen molar-refractivity contribution in [1.82, 2.24) is 14.9 Å². The quantitative estimate of drug-likeness (QED) is 0.814. The number of aliphatic hydroxyl groups excluding tert-OH is 1. The number of hydrogen-bond donors (Lipinski definition) is 1. The third kappa shape index (κ3) is 4.63. The van der Waals surface area contributed by atoms with Crippen molar-refractivity contribution in [1.29, 1.82) is 0 Å². The fraction of sp³-hybridized carbons (Fsp3) is 0.450. The van der Waals surface area contributed by atoms with E-state index in [2.05, 4.69) is 9.97 Å². The lowest BCUT2D eigenvalue weighted by Crippen LogP contribution is -2.36. The standard InChI is InChI=1S/C20H25FN4O3/c1-28-11-6-18(27)24-7-3-8-25(10-9-24)20-22-12-16(13-23-20)17-5-2-4-15(14-26)19(17)21/h2,4-5,12-13,26H,3,6-11,14H2,1H3. The minimum atomic E-state index is -0.457. The summed E-state index contributed by atoms with van der Waals surface area (Å²) in [7, 11) is 1.59. The van der Waals surface area contributed by atoms with E-state index in [1.54, 1.807) is 37.7 Å².